The van der Waals surface area contributed by atoms with Gasteiger partial charge in [0.15, 0.2) is 0 Å². The van der Waals surface area contributed by atoms with E-state index in [-0.39, 0.29) is 11.6 Å². The molecule has 3 aromatic rings. The fourth-order valence-corrected chi connectivity index (χ4v) is 4.10. The average molecular weight is 330 g/mol. The molecule has 0 aliphatic carbocycles. The number of aromatic nitrogens is 5. The molecule has 0 amide bonds. The Kier molecular flexibility index (Phi) is 3.60. The molecule has 1 aliphatic heterocycles. The van der Waals surface area contributed by atoms with Gasteiger partial charge in [-0.15, -0.1) is 5.10 Å². The first kappa shape index (κ1) is 14.4. The number of piperidine rings is 1. The zero-order valence-electron chi connectivity index (χ0n) is 12.9. The van der Waals surface area contributed by atoms with Crippen LogP contribution in [0.25, 0.3) is 4.96 Å². The van der Waals surface area contributed by atoms with Crippen molar-refractivity contribution in [2.75, 3.05) is 11.4 Å². The first-order valence-corrected chi connectivity index (χ1v) is 8.73. The van der Waals surface area contributed by atoms with Crippen molar-refractivity contribution in [1.29, 1.82) is 0 Å². The SMILES string of the molecule is CCc1cc(=O)n2nc(N3CCCCC3c3cn[nH]c3)sc2n1. The van der Waals surface area contributed by atoms with Gasteiger partial charge in [0, 0.05) is 30.1 Å². The van der Waals surface area contributed by atoms with E-state index in [1.807, 2.05) is 19.3 Å². The maximum atomic E-state index is 12.2. The highest BCUT2D eigenvalue weighted by molar-refractivity contribution is 7.20. The fourth-order valence-electron chi connectivity index (χ4n) is 3.09. The largest absolute Gasteiger partial charge is 0.339 e. The maximum Gasteiger partial charge on any atom is 0.275 e. The van der Waals surface area contributed by atoms with Crippen molar-refractivity contribution in [2.24, 2.45) is 0 Å². The minimum absolute atomic E-state index is 0.105. The highest BCUT2D eigenvalue weighted by Gasteiger charge is 2.27. The van der Waals surface area contributed by atoms with E-state index in [0.717, 1.165) is 36.6 Å². The molecule has 23 heavy (non-hydrogen) atoms. The predicted molar refractivity (Wildman–Crippen MR) is 89.0 cm³/mol. The molecule has 1 saturated heterocycles. The fraction of sp³-hybridized carbons (Fsp3) is 0.467. The molecular weight excluding hydrogens is 312 g/mol. The molecule has 0 spiro atoms. The van der Waals surface area contributed by atoms with Crippen LogP contribution in [0.3, 0.4) is 0 Å². The molecule has 3 aromatic heterocycles. The van der Waals surface area contributed by atoms with E-state index in [0.29, 0.717) is 4.96 Å². The molecule has 1 atom stereocenters. The molecule has 1 unspecified atom stereocenters. The van der Waals surface area contributed by atoms with Crippen molar-refractivity contribution in [3.63, 3.8) is 0 Å². The Morgan fingerprint density at radius 2 is 2.35 bits per heavy atom. The van der Waals surface area contributed by atoms with Gasteiger partial charge in [0.1, 0.15) is 0 Å². The number of fused-ring (bicyclic) bond motifs is 1. The Bertz CT molecular complexity index is 868. The van der Waals surface area contributed by atoms with Crippen LogP contribution < -0.4 is 10.5 Å². The average Bonchev–Trinajstić information content (AvgIpc) is 3.24. The van der Waals surface area contributed by atoms with Crippen molar-refractivity contribution in [1.82, 2.24) is 24.8 Å². The number of H-pyrrole nitrogens is 1. The van der Waals surface area contributed by atoms with Gasteiger partial charge in [-0.1, -0.05) is 18.3 Å². The van der Waals surface area contributed by atoms with Gasteiger partial charge in [-0.2, -0.15) is 9.61 Å². The number of hydrogen-bond acceptors (Lipinski definition) is 6. The molecule has 4 heterocycles. The second-order valence-corrected chi connectivity index (χ2v) is 6.69. The van der Waals surface area contributed by atoms with Gasteiger partial charge < -0.3 is 4.90 Å². The third kappa shape index (κ3) is 2.52. The van der Waals surface area contributed by atoms with E-state index in [1.54, 1.807) is 6.07 Å². The van der Waals surface area contributed by atoms with Gasteiger partial charge in [0.25, 0.3) is 5.56 Å². The Labute approximate surface area is 137 Å². The molecular formula is C15H18N6OS. The molecule has 4 rings (SSSR count). The summed E-state index contributed by atoms with van der Waals surface area (Å²) >= 11 is 1.48. The van der Waals surface area contributed by atoms with Crippen molar-refractivity contribution in [3.05, 3.63) is 40.1 Å². The summed E-state index contributed by atoms with van der Waals surface area (Å²) in [7, 11) is 0. The van der Waals surface area contributed by atoms with E-state index in [4.69, 9.17) is 0 Å². The molecule has 0 saturated carbocycles. The van der Waals surface area contributed by atoms with E-state index < -0.39 is 0 Å². The van der Waals surface area contributed by atoms with E-state index >= 15 is 0 Å². The lowest BCUT2D eigenvalue weighted by atomic mass is 9.98. The van der Waals surface area contributed by atoms with Crippen LogP contribution in [-0.2, 0) is 6.42 Å². The Morgan fingerprint density at radius 1 is 1.43 bits per heavy atom. The van der Waals surface area contributed by atoms with Crippen LogP contribution in [-0.4, -0.2) is 31.3 Å². The summed E-state index contributed by atoms with van der Waals surface area (Å²) in [6, 6.07) is 1.82. The minimum Gasteiger partial charge on any atom is -0.339 e. The van der Waals surface area contributed by atoms with Crippen molar-refractivity contribution in [2.45, 2.75) is 38.6 Å². The van der Waals surface area contributed by atoms with Crippen molar-refractivity contribution < 1.29 is 0 Å². The number of hydrogen-bond donors (Lipinski definition) is 1. The molecule has 1 fully saturated rings. The Morgan fingerprint density at radius 3 is 3.13 bits per heavy atom. The van der Waals surface area contributed by atoms with Crippen LogP contribution in [0.1, 0.15) is 43.5 Å². The van der Waals surface area contributed by atoms with Gasteiger partial charge in [0.2, 0.25) is 10.1 Å². The molecule has 1 N–H and O–H groups in total. The van der Waals surface area contributed by atoms with Crippen LogP contribution in [0.2, 0.25) is 0 Å². The van der Waals surface area contributed by atoms with Crippen LogP contribution in [0.4, 0.5) is 5.13 Å². The molecule has 8 heteroatoms. The van der Waals surface area contributed by atoms with Crippen LogP contribution in [0, 0.1) is 0 Å². The third-order valence-corrected chi connectivity index (χ3v) is 5.25. The normalized spacial score (nSPS) is 18.7. The number of nitrogens with one attached hydrogen (secondary N) is 1. The zero-order chi connectivity index (χ0) is 15.8. The first-order valence-electron chi connectivity index (χ1n) is 7.91. The predicted octanol–water partition coefficient (Wildman–Crippen LogP) is 2.17. The number of aryl methyl sites for hydroxylation is 1. The summed E-state index contributed by atoms with van der Waals surface area (Å²) in [6.45, 7) is 2.94. The molecule has 0 radical (unpaired) electrons. The van der Waals surface area contributed by atoms with E-state index in [9.17, 15) is 4.79 Å². The molecule has 7 nitrogen and oxygen atoms in total. The van der Waals surface area contributed by atoms with Crippen molar-refractivity contribution >= 4 is 21.4 Å². The second-order valence-electron chi connectivity index (χ2n) is 5.75. The second kappa shape index (κ2) is 5.77. The monoisotopic (exact) mass is 330 g/mol. The van der Waals surface area contributed by atoms with Gasteiger partial charge in [-0.25, -0.2) is 4.98 Å². The number of aromatic amines is 1. The lowest BCUT2D eigenvalue weighted by molar-refractivity contribution is 0.471. The summed E-state index contributed by atoms with van der Waals surface area (Å²) in [6.07, 6.45) is 7.95. The van der Waals surface area contributed by atoms with Gasteiger partial charge in [0.05, 0.1) is 12.2 Å². The number of rotatable bonds is 3. The smallest absolute Gasteiger partial charge is 0.275 e. The highest BCUT2D eigenvalue weighted by Crippen LogP contribution is 2.36. The number of nitrogens with zero attached hydrogens (tertiary/aromatic N) is 5. The topological polar surface area (TPSA) is 79.2 Å². The third-order valence-electron chi connectivity index (χ3n) is 4.30. The van der Waals surface area contributed by atoms with Crippen LogP contribution in [0.5, 0.6) is 0 Å². The van der Waals surface area contributed by atoms with Gasteiger partial charge in [-0.3, -0.25) is 9.89 Å². The van der Waals surface area contributed by atoms with E-state index in [2.05, 4.69) is 25.2 Å². The van der Waals surface area contributed by atoms with Gasteiger partial charge >= 0.3 is 0 Å². The Hall–Kier alpha value is -2.22. The summed E-state index contributed by atoms with van der Waals surface area (Å²) in [5.74, 6) is 0. The summed E-state index contributed by atoms with van der Waals surface area (Å²) in [5, 5.41) is 12.3. The summed E-state index contributed by atoms with van der Waals surface area (Å²) in [5.41, 5.74) is 1.87. The zero-order valence-corrected chi connectivity index (χ0v) is 13.7. The van der Waals surface area contributed by atoms with Crippen LogP contribution >= 0.6 is 11.3 Å². The summed E-state index contributed by atoms with van der Waals surface area (Å²) < 4.78 is 1.42. The molecule has 1 aliphatic rings. The first-order chi connectivity index (χ1) is 11.3. The lowest BCUT2D eigenvalue weighted by Crippen LogP contribution is -2.33. The quantitative estimate of drug-likeness (QED) is 0.796. The number of anilines is 1. The van der Waals surface area contributed by atoms with E-state index in [1.165, 1.54) is 27.8 Å². The lowest BCUT2D eigenvalue weighted by Gasteiger charge is -2.34. The van der Waals surface area contributed by atoms with Gasteiger partial charge in [-0.05, 0) is 25.7 Å². The van der Waals surface area contributed by atoms with Crippen LogP contribution in [0.15, 0.2) is 23.3 Å². The standard InChI is InChI=1S/C15H18N6OS/c1-2-11-7-13(22)21-14(18-11)23-15(19-21)20-6-4-3-5-12(20)10-8-16-17-9-10/h7-9,12H,2-6H2,1H3,(H,16,17). The minimum atomic E-state index is -0.105. The molecule has 120 valence electrons. The highest BCUT2D eigenvalue weighted by atomic mass is 32.1. The Balaban J connectivity index is 1.77. The maximum absolute atomic E-state index is 12.2. The molecule has 0 aromatic carbocycles. The van der Waals surface area contributed by atoms with Crippen molar-refractivity contribution in [3.8, 4) is 0 Å². The summed E-state index contributed by atoms with van der Waals surface area (Å²) in [4.78, 5) is 19.7. The molecule has 0 bridgehead atoms.